The number of aliphatic hydroxyl groups is 1. The van der Waals surface area contributed by atoms with Crippen molar-refractivity contribution < 1.29 is 24.3 Å². The lowest BCUT2D eigenvalue weighted by Crippen LogP contribution is -2.55. The van der Waals surface area contributed by atoms with Crippen LogP contribution >= 0.6 is 0 Å². The van der Waals surface area contributed by atoms with Gasteiger partial charge in [-0.3, -0.25) is 4.79 Å². The molecule has 0 aromatic heterocycles. The summed E-state index contributed by atoms with van der Waals surface area (Å²) >= 11 is 0. The second-order valence-corrected chi connectivity index (χ2v) is 5.20. The highest BCUT2D eigenvalue weighted by Gasteiger charge is 2.39. The molecule has 0 fully saturated rings. The summed E-state index contributed by atoms with van der Waals surface area (Å²) in [6.45, 7) is 1.87. The van der Waals surface area contributed by atoms with Gasteiger partial charge in [-0.1, -0.05) is 13.0 Å². The number of carboxylic acid groups (broad SMARTS) is 1. The van der Waals surface area contributed by atoms with Gasteiger partial charge in [0.2, 0.25) is 0 Å². The Bertz CT molecular complexity index is 317. The normalized spacial score (nSPS) is 15.8. The number of hydrogen-bond acceptors (Lipinski definition) is 4. The molecule has 0 heterocycles. The molecule has 0 aromatic carbocycles. The van der Waals surface area contributed by atoms with E-state index in [1.54, 1.807) is 27.2 Å². The molecule has 0 rings (SSSR count). The molecule has 0 aliphatic heterocycles. The SMILES string of the molecule is CCC=CC(=O)C(O)(CC(=O)[O-])C[N+](C)(C)C. The number of aliphatic carboxylic acids is 1. The zero-order valence-electron chi connectivity index (χ0n) is 10.9. The molecule has 1 unspecified atom stereocenters. The van der Waals surface area contributed by atoms with Gasteiger partial charge in [0.1, 0.15) is 6.54 Å². The summed E-state index contributed by atoms with van der Waals surface area (Å²) in [6.07, 6.45) is 2.80. The lowest BCUT2D eigenvalue weighted by atomic mass is 9.92. The number of carboxylic acids is 1. The Hall–Kier alpha value is -1.20. The third kappa shape index (κ3) is 6.19. The highest BCUT2D eigenvalue weighted by Crippen LogP contribution is 2.16. The molecule has 0 radical (unpaired) electrons. The van der Waals surface area contributed by atoms with E-state index < -0.39 is 23.8 Å². The number of hydrogen-bond donors (Lipinski definition) is 1. The third-order valence-corrected chi connectivity index (χ3v) is 2.14. The van der Waals surface area contributed by atoms with Gasteiger partial charge in [0.05, 0.1) is 21.1 Å². The smallest absolute Gasteiger partial charge is 0.193 e. The van der Waals surface area contributed by atoms with E-state index in [4.69, 9.17) is 0 Å². The van der Waals surface area contributed by atoms with E-state index in [0.29, 0.717) is 6.42 Å². The van der Waals surface area contributed by atoms with Crippen molar-refractivity contribution in [2.45, 2.75) is 25.4 Å². The number of allylic oxidation sites excluding steroid dienone is 1. The van der Waals surface area contributed by atoms with Gasteiger partial charge in [0, 0.05) is 12.4 Å². The van der Waals surface area contributed by atoms with Crippen LogP contribution in [0.4, 0.5) is 0 Å². The predicted molar refractivity (Wildman–Crippen MR) is 61.9 cm³/mol. The number of rotatable bonds is 7. The van der Waals surface area contributed by atoms with Crippen LogP contribution in [0.1, 0.15) is 19.8 Å². The van der Waals surface area contributed by atoms with Gasteiger partial charge >= 0.3 is 0 Å². The number of carbonyl (C=O) groups excluding carboxylic acids is 2. The van der Waals surface area contributed by atoms with Crippen molar-refractivity contribution in [1.82, 2.24) is 0 Å². The predicted octanol–water partition coefficient (Wildman–Crippen LogP) is -0.901. The summed E-state index contributed by atoms with van der Waals surface area (Å²) in [5.41, 5.74) is -1.90. The molecule has 0 spiro atoms. The van der Waals surface area contributed by atoms with Gasteiger partial charge in [-0.05, 0) is 12.5 Å². The summed E-state index contributed by atoms with van der Waals surface area (Å²) in [6, 6.07) is 0. The Morgan fingerprint density at radius 1 is 1.35 bits per heavy atom. The lowest BCUT2D eigenvalue weighted by Gasteiger charge is -2.34. The van der Waals surface area contributed by atoms with Gasteiger partial charge in [0.25, 0.3) is 0 Å². The minimum Gasteiger partial charge on any atom is -0.550 e. The van der Waals surface area contributed by atoms with Crippen molar-refractivity contribution in [2.75, 3.05) is 27.7 Å². The maximum atomic E-state index is 11.8. The highest BCUT2D eigenvalue weighted by molar-refractivity contribution is 5.99. The molecule has 0 aromatic rings. The van der Waals surface area contributed by atoms with Crippen molar-refractivity contribution in [3.05, 3.63) is 12.2 Å². The number of likely N-dealkylation sites (N-methyl/N-ethyl adjacent to an activating group) is 1. The van der Waals surface area contributed by atoms with Gasteiger partial charge in [0.15, 0.2) is 11.4 Å². The van der Waals surface area contributed by atoms with Crippen molar-refractivity contribution in [3.63, 3.8) is 0 Å². The monoisotopic (exact) mass is 243 g/mol. The van der Waals surface area contributed by atoms with Crippen LogP contribution < -0.4 is 5.11 Å². The Kier molecular flexibility index (Phi) is 5.51. The first kappa shape index (κ1) is 15.8. The fourth-order valence-corrected chi connectivity index (χ4v) is 1.62. The van der Waals surface area contributed by atoms with E-state index >= 15 is 0 Å². The molecule has 0 aliphatic carbocycles. The average molecular weight is 243 g/mol. The van der Waals surface area contributed by atoms with Crippen LogP contribution in [0.5, 0.6) is 0 Å². The minimum absolute atomic E-state index is 0.0217. The van der Waals surface area contributed by atoms with Gasteiger partial charge in [-0.25, -0.2) is 0 Å². The zero-order chi connectivity index (χ0) is 13.7. The second-order valence-electron chi connectivity index (χ2n) is 5.20. The van der Waals surface area contributed by atoms with Crippen LogP contribution in [0.2, 0.25) is 0 Å². The maximum absolute atomic E-state index is 11.8. The minimum atomic E-state index is -1.90. The van der Waals surface area contributed by atoms with Crippen molar-refractivity contribution in [1.29, 1.82) is 0 Å². The molecule has 98 valence electrons. The lowest BCUT2D eigenvalue weighted by molar-refractivity contribution is -0.875. The standard InChI is InChI=1S/C12H21NO4/c1-5-6-7-10(14)12(17,8-11(15)16)9-13(2,3)4/h6-7,17H,5,8-9H2,1-4H3. The van der Waals surface area contributed by atoms with E-state index in [1.165, 1.54) is 6.08 Å². The number of quaternary nitrogens is 1. The highest BCUT2D eigenvalue weighted by atomic mass is 16.4. The van der Waals surface area contributed by atoms with Crippen molar-refractivity contribution >= 4 is 11.8 Å². The molecule has 17 heavy (non-hydrogen) atoms. The zero-order valence-corrected chi connectivity index (χ0v) is 10.9. The second kappa shape index (κ2) is 5.93. The molecule has 0 saturated carbocycles. The number of ketones is 1. The Morgan fingerprint density at radius 3 is 2.24 bits per heavy atom. The first-order valence-corrected chi connectivity index (χ1v) is 5.54. The molecule has 0 aliphatic rings. The Morgan fingerprint density at radius 2 is 1.88 bits per heavy atom. The molecular weight excluding hydrogens is 222 g/mol. The summed E-state index contributed by atoms with van der Waals surface area (Å²) in [5.74, 6) is -2.02. The van der Waals surface area contributed by atoms with E-state index in [0.717, 1.165) is 0 Å². The molecule has 0 bridgehead atoms. The first-order valence-electron chi connectivity index (χ1n) is 5.54. The van der Waals surface area contributed by atoms with Crippen molar-refractivity contribution in [2.24, 2.45) is 0 Å². The summed E-state index contributed by atoms with van der Waals surface area (Å²) in [4.78, 5) is 22.4. The quantitative estimate of drug-likeness (QED) is 0.464. The van der Waals surface area contributed by atoms with Crippen LogP contribution in [0.25, 0.3) is 0 Å². The Labute approximate surface area is 102 Å². The average Bonchev–Trinajstić information content (AvgIpc) is 2.09. The van der Waals surface area contributed by atoms with Crippen LogP contribution in [0, 0.1) is 0 Å². The van der Waals surface area contributed by atoms with Crippen LogP contribution in [0.3, 0.4) is 0 Å². The van der Waals surface area contributed by atoms with Crippen molar-refractivity contribution in [3.8, 4) is 0 Å². The van der Waals surface area contributed by atoms with E-state index in [-0.39, 0.29) is 11.0 Å². The number of carbonyl (C=O) groups is 2. The Balaban J connectivity index is 5.02. The molecule has 0 saturated heterocycles. The molecule has 5 nitrogen and oxygen atoms in total. The first-order chi connectivity index (χ1) is 7.60. The fourth-order valence-electron chi connectivity index (χ4n) is 1.62. The van der Waals surface area contributed by atoms with Gasteiger partial charge in [-0.2, -0.15) is 0 Å². The van der Waals surface area contributed by atoms with Crippen LogP contribution in [-0.2, 0) is 9.59 Å². The molecule has 1 atom stereocenters. The van der Waals surface area contributed by atoms with Crippen LogP contribution in [-0.4, -0.2) is 54.6 Å². The van der Waals surface area contributed by atoms with Gasteiger partial charge in [-0.15, -0.1) is 0 Å². The van der Waals surface area contributed by atoms with Gasteiger partial charge < -0.3 is 19.5 Å². The van der Waals surface area contributed by atoms with E-state index in [9.17, 15) is 19.8 Å². The number of nitrogens with zero attached hydrogens (tertiary/aromatic N) is 1. The molecule has 0 amide bonds. The fraction of sp³-hybridized carbons (Fsp3) is 0.667. The van der Waals surface area contributed by atoms with E-state index in [1.807, 2.05) is 6.92 Å². The molecular formula is C12H21NO4. The molecule has 1 N–H and O–H groups in total. The summed E-state index contributed by atoms with van der Waals surface area (Å²) in [7, 11) is 5.32. The third-order valence-electron chi connectivity index (χ3n) is 2.14. The largest absolute Gasteiger partial charge is 0.550 e. The van der Waals surface area contributed by atoms with E-state index in [2.05, 4.69) is 0 Å². The topological polar surface area (TPSA) is 77.4 Å². The summed E-state index contributed by atoms with van der Waals surface area (Å²) in [5, 5.41) is 20.8. The van der Waals surface area contributed by atoms with Crippen LogP contribution in [0.15, 0.2) is 12.2 Å². The maximum Gasteiger partial charge on any atom is 0.193 e. The summed E-state index contributed by atoms with van der Waals surface area (Å²) < 4.78 is 0.287. The molecule has 5 heteroatoms.